The van der Waals surface area contributed by atoms with Crippen LogP contribution in [0.4, 0.5) is 0 Å². The maximum atomic E-state index is 11.8. The Morgan fingerprint density at radius 3 is 2.60 bits per heavy atom. The van der Waals surface area contributed by atoms with Crippen molar-refractivity contribution in [2.24, 2.45) is 0 Å². The van der Waals surface area contributed by atoms with Gasteiger partial charge in [0, 0.05) is 6.54 Å². The van der Waals surface area contributed by atoms with Crippen LogP contribution in [0.15, 0.2) is 24.3 Å². The summed E-state index contributed by atoms with van der Waals surface area (Å²) in [6, 6.07) is 8.38. The summed E-state index contributed by atoms with van der Waals surface area (Å²) < 4.78 is 5.41. The highest BCUT2D eigenvalue weighted by Crippen LogP contribution is 2.13. The van der Waals surface area contributed by atoms with E-state index < -0.39 is 24.2 Å². The largest absolute Gasteiger partial charge is 0.481 e. The zero-order chi connectivity index (χ0) is 15.2. The molecule has 108 valence electrons. The first kappa shape index (κ1) is 16.0. The second kappa shape index (κ2) is 6.89. The summed E-state index contributed by atoms with van der Waals surface area (Å²) in [5.41, 5.74) is -0.849. The number of nitrogens with zero attached hydrogens (tertiary/aromatic N) is 1. The van der Waals surface area contributed by atoms with Crippen molar-refractivity contribution in [2.45, 2.75) is 25.6 Å². The Bertz CT molecular complexity index is 491. The fourth-order valence-corrected chi connectivity index (χ4v) is 1.34. The quantitative estimate of drug-likeness (QED) is 0.689. The van der Waals surface area contributed by atoms with Gasteiger partial charge in [-0.2, -0.15) is 5.26 Å². The van der Waals surface area contributed by atoms with Gasteiger partial charge in [-0.1, -0.05) is 0 Å². The molecule has 0 heterocycles. The van der Waals surface area contributed by atoms with Crippen LogP contribution < -0.4 is 10.1 Å². The van der Waals surface area contributed by atoms with Crippen molar-refractivity contribution in [2.75, 3.05) is 13.2 Å². The van der Waals surface area contributed by atoms with Crippen LogP contribution in [-0.4, -0.2) is 41.0 Å². The van der Waals surface area contributed by atoms with E-state index in [1.54, 1.807) is 31.2 Å². The number of nitrogens with one attached hydrogen (secondary N) is 1. The predicted octanol–water partition coefficient (Wildman–Crippen LogP) is 0.185. The minimum absolute atomic E-state index is 0.0661. The number of aliphatic hydroxyl groups is 2. The Labute approximate surface area is 117 Å². The lowest BCUT2D eigenvalue weighted by atomic mass is 10.1. The average Bonchev–Trinajstić information content (AvgIpc) is 2.45. The molecule has 0 spiro atoms. The van der Waals surface area contributed by atoms with Gasteiger partial charge in [-0.25, -0.2) is 0 Å². The number of carbonyl (C=O) groups excluding carboxylic acids is 1. The molecule has 0 aromatic heterocycles. The summed E-state index contributed by atoms with van der Waals surface area (Å²) in [5, 5.41) is 29.6. The SMILES string of the molecule is CC(Oc1ccc(C#N)cc1)C(=O)NCC(C)(O)CO. The van der Waals surface area contributed by atoms with Crippen molar-refractivity contribution < 1.29 is 19.7 Å². The van der Waals surface area contributed by atoms with E-state index in [-0.39, 0.29) is 6.54 Å². The summed E-state index contributed by atoms with van der Waals surface area (Å²) in [5.74, 6) is 0.0728. The zero-order valence-corrected chi connectivity index (χ0v) is 11.5. The van der Waals surface area contributed by atoms with Crippen LogP contribution in [0.5, 0.6) is 5.75 Å². The van der Waals surface area contributed by atoms with Gasteiger partial charge in [0.2, 0.25) is 0 Å². The van der Waals surface area contributed by atoms with Gasteiger partial charge < -0.3 is 20.3 Å². The van der Waals surface area contributed by atoms with Gasteiger partial charge in [-0.3, -0.25) is 4.79 Å². The van der Waals surface area contributed by atoms with E-state index in [9.17, 15) is 9.90 Å². The molecule has 0 bridgehead atoms. The number of rotatable bonds is 6. The van der Waals surface area contributed by atoms with E-state index in [2.05, 4.69) is 5.32 Å². The number of benzene rings is 1. The van der Waals surface area contributed by atoms with Crippen LogP contribution in [0.1, 0.15) is 19.4 Å². The first-order chi connectivity index (χ1) is 9.38. The molecular formula is C14H18N2O4. The van der Waals surface area contributed by atoms with Crippen molar-refractivity contribution in [1.82, 2.24) is 5.32 Å². The van der Waals surface area contributed by atoms with Gasteiger partial charge in [0.05, 0.1) is 18.2 Å². The minimum Gasteiger partial charge on any atom is -0.481 e. The third-order valence-corrected chi connectivity index (χ3v) is 2.65. The van der Waals surface area contributed by atoms with Gasteiger partial charge >= 0.3 is 0 Å². The standard InChI is InChI=1S/C14H18N2O4/c1-10(13(18)16-8-14(2,19)9-17)20-12-5-3-11(7-15)4-6-12/h3-6,10,17,19H,8-9H2,1-2H3,(H,16,18). The van der Waals surface area contributed by atoms with Gasteiger partial charge in [-0.05, 0) is 38.1 Å². The zero-order valence-electron chi connectivity index (χ0n) is 11.5. The monoisotopic (exact) mass is 278 g/mol. The van der Waals surface area contributed by atoms with Crippen molar-refractivity contribution in [1.29, 1.82) is 5.26 Å². The Kier molecular flexibility index (Phi) is 5.50. The van der Waals surface area contributed by atoms with Crippen molar-refractivity contribution in [3.8, 4) is 11.8 Å². The van der Waals surface area contributed by atoms with Gasteiger partial charge in [0.15, 0.2) is 6.10 Å². The molecule has 6 nitrogen and oxygen atoms in total. The Morgan fingerprint density at radius 2 is 2.10 bits per heavy atom. The van der Waals surface area contributed by atoms with E-state index in [0.29, 0.717) is 11.3 Å². The first-order valence-electron chi connectivity index (χ1n) is 6.16. The molecule has 2 atom stereocenters. The number of hydrogen-bond donors (Lipinski definition) is 3. The van der Waals surface area contributed by atoms with Crippen molar-refractivity contribution >= 4 is 5.91 Å². The van der Waals surface area contributed by atoms with Crippen molar-refractivity contribution in [3.63, 3.8) is 0 Å². The van der Waals surface area contributed by atoms with E-state index in [1.807, 2.05) is 6.07 Å². The van der Waals surface area contributed by atoms with E-state index in [1.165, 1.54) is 6.92 Å². The maximum absolute atomic E-state index is 11.8. The highest BCUT2D eigenvalue weighted by Gasteiger charge is 2.22. The summed E-state index contributed by atoms with van der Waals surface area (Å²) in [4.78, 5) is 11.8. The minimum atomic E-state index is -1.36. The highest BCUT2D eigenvalue weighted by atomic mass is 16.5. The lowest BCUT2D eigenvalue weighted by Gasteiger charge is -2.22. The van der Waals surface area contributed by atoms with E-state index in [4.69, 9.17) is 15.1 Å². The van der Waals surface area contributed by atoms with Gasteiger partial charge in [-0.15, -0.1) is 0 Å². The molecule has 0 aliphatic carbocycles. The van der Waals surface area contributed by atoms with E-state index >= 15 is 0 Å². The molecule has 1 aromatic rings. The third kappa shape index (κ3) is 4.88. The lowest BCUT2D eigenvalue weighted by Crippen LogP contribution is -2.46. The number of nitriles is 1. The fraction of sp³-hybridized carbons (Fsp3) is 0.429. The molecule has 6 heteroatoms. The molecule has 0 saturated heterocycles. The smallest absolute Gasteiger partial charge is 0.260 e. The number of carbonyl (C=O) groups is 1. The first-order valence-corrected chi connectivity index (χ1v) is 6.16. The molecule has 0 fully saturated rings. The topological polar surface area (TPSA) is 103 Å². The Hall–Kier alpha value is -2.10. The molecule has 0 aliphatic rings. The number of aliphatic hydroxyl groups excluding tert-OH is 1. The van der Waals surface area contributed by atoms with Crippen molar-refractivity contribution in [3.05, 3.63) is 29.8 Å². The third-order valence-electron chi connectivity index (χ3n) is 2.65. The molecule has 0 radical (unpaired) electrons. The summed E-state index contributed by atoms with van der Waals surface area (Å²) >= 11 is 0. The lowest BCUT2D eigenvalue weighted by molar-refractivity contribution is -0.128. The highest BCUT2D eigenvalue weighted by molar-refractivity contribution is 5.80. The Balaban J connectivity index is 2.51. The average molecular weight is 278 g/mol. The van der Waals surface area contributed by atoms with Crippen LogP contribution >= 0.6 is 0 Å². The summed E-state index contributed by atoms with van der Waals surface area (Å²) in [6.07, 6.45) is -0.752. The van der Waals surface area contributed by atoms with Crippen LogP contribution in [0.3, 0.4) is 0 Å². The molecule has 3 N–H and O–H groups in total. The maximum Gasteiger partial charge on any atom is 0.260 e. The number of ether oxygens (including phenoxy) is 1. The normalized spacial score (nSPS) is 14.8. The van der Waals surface area contributed by atoms with Gasteiger partial charge in [0.1, 0.15) is 11.4 Å². The van der Waals surface area contributed by atoms with Crippen LogP contribution in [0.25, 0.3) is 0 Å². The molecule has 1 aromatic carbocycles. The molecule has 20 heavy (non-hydrogen) atoms. The number of hydrogen-bond acceptors (Lipinski definition) is 5. The predicted molar refractivity (Wildman–Crippen MR) is 72.0 cm³/mol. The summed E-state index contributed by atoms with van der Waals surface area (Å²) in [6.45, 7) is 2.47. The molecule has 2 unspecified atom stereocenters. The van der Waals surface area contributed by atoms with Crippen LogP contribution in [-0.2, 0) is 4.79 Å². The molecule has 1 amide bonds. The number of amides is 1. The van der Waals surface area contributed by atoms with E-state index in [0.717, 1.165) is 0 Å². The Morgan fingerprint density at radius 1 is 1.50 bits per heavy atom. The van der Waals surface area contributed by atoms with Crippen LogP contribution in [0, 0.1) is 11.3 Å². The fourth-order valence-electron chi connectivity index (χ4n) is 1.34. The van der Waals surface area contributed by atoms with Gasteiger partial charge in [0.25, 0.3) is 5.91 Å². The second-order valence-corrected chi connectivity index (χ2v) is 4.77. The molecule has 0 aliphatic heterocycles. The molecule has 0 saturated carbocycles. The second-order valence-electron chi connectivity index (χ2n) is 4.77. The summed E-state index contributed by atoms with van der Waals surface area (Å²) in [7, 11) is 0. The molecule has 1 rings (SSSR count). The molecular weight excluding hydrogens is 260 g/mol. The van der Waals surface area contributed by atoms with Crippen LogP contribution in [0.2, 0.25) is 0 Å².